The standard InChI is InChI=1S/C18H20N2O7/c1-24-14(25-2)9-13-19-15(18(23)26-3)12(16(21)20-13)10-27-17(22)11-7-5-4-6-8-11/h4-8,14H,9-10H2,1-3H3,(H,19,20,21). The third-order valence-electron chi connectivity index (χ3n) is 3.69. The van der Waals surface area contributed by atoms with E-state index in [4.69, 9.17) is 14.2 Å². The number of ether oxygens (including phenoxy) is 4. The minimum absolute atomic E-state index is 0.107. The molecule has 0 bridgehead atoms. The number of nitrogens with zero attached hydrogens (tertiary/aromatic N) is 1. The van der Waals surface area contributed by atoms with E-state index >= 15 is 0 Å². The fraction of sp³-hybridized carbons (Fsp3) is 0.333. The van der Waals surface area contributed by atoms with E-state index in [1.54, 1.807) is 30.3 Å². The molecule has 0 aliphatic carbocycles. The smallest absolute Gasteiger partial charge is 0.357 e. The molecule has 0 spiro atoms. The van der Waals surface area contributed by atoms with Crippen molar-refractivity contribution in [3.8, 4) is 0 Å². The van der Waals surface area contributed by atoms with Crippen LogP contribution in [-0.2, 0) is 32.0 Å². The number of hydrogen-bond acceptors (Lipinski definition) is 8. The lowest BCUT2D eigenvalue weighted by molar-refractivity contribution is -0.101. The normalized spacial score (nSPS) is 10.7. The number of rotatable bonds is 8. The highest BCUT2D eigenvalue weighted by Crippen LogP contribution is 2.09. The van der Waals surface area contributed by atoms with Gasteiger partial charge >= 0.3 is 11.9 Å². The fourth-order valence-electron chi connectivity index (χ4n) is 2.26. The second-order valence-electron chi connectivity index (χ2n) is 5.38. The molecule has 2 aromatic rings. The van der Waals surface area contributed by atoms with Crippen LogP contribution in [0.25, 0.3) is 0 Å². The van der Waals surface area contributed by atoms with E-state index in [0.29, 0.717) is 5.56 Å². The first-order chi connectivity index (χ1) is 13.0. The van der Waals surface area contributed by atoms with Crippen LogP contribution in [0, 0.1) is 0 Å². The van der Waals surface area contributed by atoms with Gasteiger partial charge in [-0.15, -0.1) is 0 Å². The van der Waals surface area contributed by atoms with Gasteiger partial charge in [-0.05, 0) is 12.1 Å². The van der Waals surface area contributed by atoms with Crippen LogP contribution >= 0.6 is 0 Å². The highest BCUT2D eigenvalue weighted by atomic mass is 16.7. The van der Waals surface area contributed by atoms with Crippen molar-refractivity contribution in [1.29, 1.82) is 0 Å². The highest BCUT2D eigenvalue weighted by molar-refractivity contribution is 5.90. The van der Waals surface area contributed by atoms with Gasteiger partial charge in [0.15, 0.2) is 12.0 Å². The number of hydrogen-bond donors (Lipinski definition) is 1. The Hall–Kier alpha value is -3.04. The number of H-pyrrole nitrogens is 1. The number of aromatic nitrogens is 2. The maximum Gasteiger partial charge on any atom is 0.357 e. The van der Waals surface area contributed by atoms with E-state index in [9.17, 15) is 14.4 Å². The lowest BCUT2D eigenvalue weighted by atomic mass is 10.2. The molecule has 1 aromatic carbocycles. The predicted molar refractivity (Wildman–Crippen MR) is 93.3 cm³/mol. The Morgan fingerprint density at radius 3 is 2.33 bits per heavy atom. The third-order valence-corrected chi connectivity index (χ3v) is 3.69. The Kier molecular flexibility index (Phi) is 7.21. The maximum absolute atomic E-state index is 12.4. The molecule has 1 N–H and O–H groups in total. The second-order valence-corrected chi connectivity index (χ2v) is 5.38. The Morgan fingerprint density at radius 2 is 1.74 bits per heavy atom. The number of methoxy groups -OCH3 is 3. The first kappa shape index (κ1) is 20.3. The predicted octanol–water partition coefficient (Wildman–Crippen LogP) is 1.07. The zero-order valence-corrected chi connectivity index (χ0v) is 15.2. The van der Waals surface area contributed by atoms with Gasteiger partial charge in [-0.25, -0.2) is 14.6 Å². The first-order valence-corrected chi connectivity index (χ1v) is 7.98. The molecule has 1 heterocycles. The quantitative estimate of drug-likeness (QED) is 0.537. The van der Waals surface area contributed by atoms with Crippen LogP contribution in [0.2, 0.25) is 0 Å². The molecule has 0 radical (unpaired) electrons. The molecule has 0 fully saturated rings. The van der Waals surface area contributed by atoms with Crippen molar-refractivity contribution >= 4 is 11.9 Å². The second kappa shape index (κ2) is 9.60. The molecular formula is C18H20N2O7. The summed E-state index contributed by atoms with van der Waals surface area (Å²) in [6.45, 7) is -0.432. The maximum atomic E-state index is 12.4. The lowest BCUT2D eigenvalue weighted by Gasteiger charge is -2.14. The van der Waals surface area contributed by atoms with Crippen LogP contribution in [0.5, 0.6) is 0 Å². The van der Waals surface area contributed by atoms with Gasteiger partial charge in [0.05, 0.1) is 24.7 Å². The van der Waals surface area contributed by atoms with Gasteiger partial charge in [-0.3, -0.25) is 4.79 Å². The number of aromatic amines is 1. The Balaban J connectivity index is 2.27. The summed E-state index contributed by atoms with van der Waals surface area (Å²) in [5, 5.41) is 0. The molecule has 9 heteroatoms. The summed E-state index contributed by atoms with van der Waals surface area (Å²) in [7, 11) is 4.04. The molecule has 0 saturated heterocycles. The van der Waals surface area contributed by atoms with E-state index in [0.717, 1.165) is 7.11 Å². The molecular weight excluding hydrogens is 356 g/mol. The molecule has 144 valence electrons. The van der Waals surface area contributed by atoms with Crippen molar-refractivity contribution < 1.29 is 28.5 Å². The zero-order chi connectivity index (χ0) is 19.8. The molecule has 9 nitrogen and oxygen atoms in total. The third kappa shape index (κ3) is 5.22. The van der Waals surface area contributed by atoms with Crippen LogP contribution < -0.4 is 5.56 Å². The van der Waals surface area contributed by atoms with Gasteiger partial charge in [0.1, 0.15) is 12.4 Å². The van der Waals surface area contributed by atoms with Crippen LogP contribution in [0.4, 0.5) is 0 Å². The monoisotopic (exact) mass is 376 g/mol. The average molecular weight is 376 g/mol. The Morgan fingerprint density at radius 1 is 1.07 bits per heavy atom. The Labute approximate surface area is 155 Å². The van der Waals surface area contributed by atoms with Gasteiger partial charge in [0.2, 0.25) is 0 Å². The van der Waals surface area contributed by atoms with Gasteiger partial charge in [0.25, 0.3) is 5.56 Å². The minimum Gasteiger partial charge on any atom is -0.464 e. The van der Waals surface area contributed by atoms with Crippen LogP contribution in [0.3, 0.4) is 0 Å². The molecule has 27 heavy (non-hydrogen) atoms. The Bertz CT molecular complexity index is 845. The minimum atomic E-state index is -0.820. The average Bonchev–Trinajstić information content (AvgIpc) is 2.70. The van der Waals surface area contributed by atoms with Crippen molar-refractivity contribution in [3.63, 3.8) is 0 Å². The van der Waals surface area contributed by atoms with Crippen molar-refractivity contribution in [2.45, 2.75) is 19.3 Å². The first-order valence-electron chi connectivity index (χ1n) is 7.98. The molecule has 0 saturated carbocycles. The molecule has 1 aromatic heterocycles. The van der Waals surface area contributed by atoms with Crippen molar-refractivity contribution in [2.24, 2.45) is 0 Å². The van der Waals surface area contributed by atoms with E-state index in [2.05, 4.69) is 14.7 Å². The molecule has 2 rings (SSSR count). The van der Waals surface area contributed by atoms with Gasteiger partial charge in [0, 0.05) is 14.2 Å². The topological polar surface area (TPSA) is 117 Å². The van der Waals surface area contributed by atoms with Gasteiger partial charge in [-0.2, -0.15) is 0 Å². The van der Waals surface area contributed by atoms with Crippen LogP contribution in [0.15, 0.2) is 35.1 Å². The van der Waals surface area contributed by atoms with E-state index in [1.165, 1.54) is 14.2 Å². The number of carbonyl (C=O) groups is 2. The molecule has 0 unspecified atom stereocenters. The summed E-state index contributed by atoms with van der Waals surface area (Å²) in [6, 6.07) is 8.27. The molecule has 0 aliphatic heterocycles. The summed E-state index contributed by atoms with van der Waals surface area (Å²) in [5.74, 6) is -1.28. The number of esters is 2. The molecule has 0 atom stereocenters. The van der Waals surface area contributed by atoms with Gasteiger partial charge < -0.3 is 23.9 Å². The van der Waals surface area contributed by atoms with E-state index < -0.39 is 30.4 Å². The zero-order valence-electron chi connectivity index (χ0n) is 15.2. The number of nitrogens with one attached hydrogen (secondary N) is 1. The highest BCUT2D eigenvalue weighted by Gasteiger charge is 2.22. The van der Waals surface area contributed by atoms with E-state index in [-0.39, 0.29) is 23.5 Å². The summed E-state index contributed by atoms with van der Waals surface area (Å²) in [6.07, 6.45) is -0.545. The van der Waals surface area contributed by atoms with E-state index in [1.807, 2.05) is 0 Å². The summed E-state index contributed by atoms with van der Waals surface area (Å²) in [5.41, 5.74) is -0.641. The van der Waals surface area contributed by atoms with Crippen molar-refractivity contribution in [3.05, 3.63) is 63.3 Å². The van der Waals surface area contributed by atoms with Crippen LogP contribution in [0.1, 0.15) is 32.2 Å². The van der Waals surface area contributed by atoms with Crippen LogP contribution in [-0.4, -0.2) is 49.5 Å². The lowest BCUT2D eigenvalue weighted by Crippen LogP contribution is -2.27. The van der Waals surface area contributed by atoms with Gasteiger partial charge in [-0.1, -0.05) is 18.2 Å². The molecule has 0 aliphatic rings. The summed E-state index contributed by atoms with van der Waals surface area (Å²) < 4.78 is 19.9. The summed E-state index contributed by atoms with van der Waals surface area (Å²) in [4.78, 5) is 43.2. The molecule has 0 amide bonds. The summed E-state index contributed by atoms with van der Waals surface area (Å²) >= 11 is 0. The SMILES string of the molecule is COC(=O)c1nc(CC(OC)OC)[nH]c(=O)c1COC(=O)c1ccccc1. The number of benzene rings is 1. The van der Waals surface area contributed by atoms with Crippen molar-refractivity contribution in [1.82, 2.24) is 9.97 Å². The van der Waals surface area contributed by atoms with Crippen molar-refractivity contribution in [2.75, 3.05) is 21.3 Å². The number of carbonyl (C=O) groups excluding carboxylic acids is 2. The fourth-order valence-corrected chi connectivity index (χ4v) is 2.26. The largest absolute Gasteiger partial charge is 0.464 e.